The van der Waals surface area contributed by atoms with Crippen LogP contribution in [0.5, 0.6) is 5.75 Å². The summed E-state index contributed by atoms with van der Waals surface area (Å²) in [6.07, 6.45) is 4.79. The van der Waals surface area contributed by atoms with Gasteiger partial charge in [-0.25, -0.2) is 13.6 Å². The van der Waals surface area contributed by atoms with Gasteiger partial charge in [0.05, 0.1) is 0 Å². The number of hydrogen-bond acceptors (Lipinski definition) is 2. The lowest BCUT2D eigenvalue weighted by Gasteiger charge is -2.30. The van der Waals surface area contributed by atoms with Crippen LogP contribution in [0, 0.1) is 0 Å². The van der Waals surface area contributed by atoms with Crippen molar-refractivity contribution in [1.82, 2.24) is 0 Å². The Morgan fingerprint density at radius 2 is 1.74 bits per heavy atom. The molecule has 0 bridgehead atoms. The number of allylic oxidation sites excluding steroid dienone is 5. The molecule has 0 aliphatic rings. The fourth-order valence-electron chi connectivity index (χ4n) is 2.96. The number of carboxylic acid groups (broad SMARTS) is 1. The van der Waals surface area contributed by atoms with Gasteiger partial charge in [0, 0.05) is 17.2 Å². The zero-order chi connectivity index (χ0) is 24.0. The number of ether oxygens (including phenoxy) is 1. The molecule has 0 aliphatic carbocycles. The van der Waals surface area contributed by atoms with Crippen molar-refractivity contribution in [3.63, 3.8) is 0 Å². The van der Waals surface area contributed by atoms with Crippen LogP contribution in [-0.2, 0) is 15.6 Å². The molecule has 31 heavy (non-hydrogen) atoms. The molecule has 0 aromatic heterocycles. The molecule has 5 heteroatoms. The van der Waals surface area contributed by atoms with Gasteiger partial charge in [0.2, 0.25) is 0 Å². The molecular weight excluding hydrogens is 398 g/mol. The maximum absolute atomic E-state index is 13.7. The van der Waals surface area contributed by atoms with E-state index in [2.05, 4.69) is 47.6 Å². The molecule has 1 N–H and O–H groups in total. The molecule has 3 nitrogen and oxygen atoms in total. The van der Waals surface area contributed by atoms with Gasteiger partial charge in [-0.15, -0.1) is 0 Å². The van der Waals surface area contributed by atoms with Gasteiger partial charge in [-0.1, -0.05) is 65.8 Å². The first-order valence-corrected chi connectivity index (χ1v) is 10.4. The summed E-state index contributed by atoms with van der Waals surface area (Å²) in [5, 5.41) is 8.84. The van der Waals surface area contributed by atoms with Crippen LogP contribution in [-0.4, -0.2) is 30.5 Å². The zero-order valence-electron chi connectivity index (χ0n) is 20.0. The Morgan fingerprint density at radius 3 is 2.23 bits per heavy atom. The van der Waals surface area contributed by atoms with Gasteiger partial charge in [0.1, 0.15) is 19.0 Å². The third-order valence-electron chi connectivity index (χ3n) is 4.82. The van der Waals surface area contributed by atoms with E-state index in [0.717, 1.165) is 28.3 Å². The van der Waals surface area contributed by atoms with Gasteiger partial charge in [0.25, 0.3) is 0 Å². The van der Waals surface area contributed by atoms with E-state index in [1.807, 2.05) is 19.1 Å². The topological polar surface area (TPSA) is 46.5 Å². The molecule has 172 valence electrons. The molecule has 1 atom stereocenters. The number of aliphatic carboxylic acids is 1. The number of carboxylic acids is 1. The fourth-order valence-corrected chi connectivity index (χ4v) is 2.96. The van der Waals surface area contributed by atoms with E-state index >= 15 is 0 Å². The molecule has 0 spiro atoms. The highest BCUT2D eigenvalue weighted by atomic mass is 19.2. The van der Waals surface area contributed by atoms with E-state index in [1.54, 1.807) is 19.1 Å². The van der Waals surface area contributed by atoms with Gasteiger partial charge < -0.3 is 9.84 Å². The van der Waals surface area contributed by atoms with Crippen LogP contribution in [0.25, 0.3) is 5.57 Å². The molecule has 1 unspecified atom stereocenters. The minimum atomic E-state index is -1.68. The summed E-state index contributed by atoms with van der Waals surface area (Å²) in [5.74, 6) is -0.448. The fraction of sp³-hybridized carbons (Fsp3) is 0.500. The second kappa shape index (κ2) is 10.7. The molecule has 0 aliphatic heterocycles. The average Bonchev–Trinajstić information content (AvgIpc) is 2.63. The maximum Gasteiger partial charge on any atom is 0.328 e. The first-order chi connectivity index (χ1) is 14.2. The molecule has 0 saturated heterocycles. The van der Waals surface area contributed by atoms with Gasteiger partial charge in [-0.05, 0) is 47.5 Å². The number of carbonyl (C=O) groups is 1. The second-order valence-electron chi connectivity index (χ2n) is 9.90. The summed E-state index contributed by atoms with van der Waals surface area (Å²) in [7, 11) is 0. The van der Waals surface area contributed by atoms with E-state index in [1.165, 1.54) is 0 Å². The summed E-state index contributed by atoms with van der Waals surface area (Å²) < 4.78 is 32.2. The Labute approximate surface area is 185 Å². The van der Waals surface area contributed by atoms with E-state index in [9.17, 15) is 13.6 Å². The number of alkyl halides is 2. The highest BCUT2D eigenvalue weighted by Crippen LogP contribution is 2.41. The first-order valence-electron chi connectivity index (χ1n) is 10.4. The number of benzene rings is 1. The Hall–Kier alpha value is -2.43. The van der Waals surface area contributed by atoms with Gasteiger partial charge in [-0.2, -0.15) is 0 Å². The van der Waals surface area contributed by atoms with Crippen molar-refractivity contribution in [3.05, 3.63) is 58.7 Å². The van der Waals surface area contributed by atoms with Crippen LogP contribution in [0.4, 0.5) is 8.78 Å². The van der Waals surface area contributed by atoms with Crippen LogP contribution >= 0.6 is 0 Å². The van der Waals surface area contributed by atoms with Crippen LogP contribution < -0.4 is 4.74 Å². The second-order valence-corrected chi connectivity index (χ2v) is 9.90. The standard InChI is InChI=1S/C26H36F2O3/c1-17(12-23(29)30)10-9-11-18(2)21-13-19(25(3,4)5)14-22(26(6,7)8)24(21)31-16-20(28)15-27/h9-14,20H,15-16H2,1-8H3,(H,29,30)/b10-9+,17-12+,18-11+. The molecular formula is C26H36F2O3. The van der Waals surface area contributed by atoms with Gasteiger partial charge in [0.15, 0.2) is 6.17 Å². The Balaban J connectivity index is 3.63. The SMILES string of the molecule is CC(/C=C/C=C(\C)c1cc(C(C)(C)C)cc(C(C)(C)C)c1OCC(F)CF)=C\C(=O)O. The monoisotopic (exact) mass is 434 g/mol. The smallest absolute Gasteiger partial charge is 0.328 e. The molecule has 0 fully saturated rings. The Kier molecular flexibility index (Phi) is 9.22. The van der Waals surface area contributed by atoms with E-state index < -0.39 is 18.8 Å². The van der Waals surface area contributed by atoms with Crippen molar-refractivity contribution in [2.75, 3.05) is 13.3 Å². The third kappa shape index (κ3) is 8.31. The molecule has 0 amide bonds. The van der Waals surface area contributed by atoms with Crippen molar-refractivity contribution < 1.29 is 23.4 Å². The number of halogens is 2. The molecule has 0 radical (unpaired) electrons. The van der Waals surface area contributed by atoms with Crippen molar-refractivity contribution in [2.24, 2.45) is 0 Å². The lowest BCUT2D eigenvalue weighted by Crippen LogP contribution is -2.21. The summed E-state index contributed by atoms with van der Waals surface area (Å²) >= 11 is 0. The maximum atomic E-state index is 13.7. The van der Waals surface area contributed by atoms with Crippen molar-refractivity contribution >= 4 is 11.5 Å². The zero-order valence-corrected chi connectivity index (χ0v) is 20.0. The minimum Gasteiger partial charge on any atom is -0.490 e. The molecule has 0 saturated carbocycles. The van der Waals surface area contributed by atoms with Gasteiger partial charge in [-0.3, -0.25) is 0 Å². The van der Waals surface area contributed by atoms with Crippen LogP contribution in [0.3, 0.4) is 0 Å². The van der Waals surface area contributed by atoms with Crippen molar-refractivity contribution in [2.45, 2.75) is 72.4 Å². The Morgan fingerprint density at radius 1 is 1.13 bits per heavy atom. The molecule has 1 aromatic rings. The molecule has 0 heterocycles. The van der Waals surface area contributed by atoms with E-state index in [-0.39, 0.29) is 17.4 Å². The highest BCUT2D eigenvalue weighted by molar-refractivity contribution is 5.81. The quantitative estimate of drug-likeness (QED) is 0.355. The Bertz CT molecular complexity index is 866. The predicted molar refractivity (Wildman–Crippen MR) is 124 cm³/mol. The van der Waals surface area contributed by atoms with Crippen molar-refractivity contribution in [3.8, 4) is 5.75 Å². The van der Waals surface area contributed by atoms with E-state index in [4.69, 9.17) is 9.84 Å². The first kappa shape index (κ1) is 26.6. The third-order valence-corrected chi connectivity index (χ3v) is 4.82. The normalized spacial score (nSPS) is 14.8. The van der Waals surface area contributed by atoms with Crippen LogP contribution in [0.2, 0.25) is 0 Å². The molecule has 1 rings (SSSR count). The predicted octanol–water partition coefficient (Wildman–Crippen LogP) is 6.96. The summed E-state index contributed by atoms with van der Waals surface area (Å²) in [6.45, 7) is 14.7. The summed E-state index contributed by atoms with van der Waals surface area (Å²) in [4.78, 5) is 10.8. The lowest BCUT2D eigenvalue weighted by molar-refractivity contribution is -0.131. The van der Waals surface area contributed by atoms with E-state index in [0.29, 0.717) is 11.3 Å². The highest BCUT2D eigenvalue weighted by Gasteiger charge is 2.27. The number of rotatable bonds is 8. The minimum absolute atomic E-state index is 0.119. The van der Waals surface area contributed by atoms with Crippen molar-refractivity contribution in [1.29, 1.82) is 0 Å². The molecule has 1 aromatic carbocycles. The largest absolute Gasteiger partial charge is 0.490 e. The number of hydrogen-bond donors (Lipinski definition) is 1. The summed E-state index contributed by atoms with van der Waals surface area (Å²) in [6, 6.07) is 4.12. The van der Waals surface area contributed by atoms with Crippen LogP contribution in [0.1, 0.15) is 72.1 Å². The van der Waals surface area contributed by atoms with Gasteiger partial charge >= 0.3 is 5.97 Å². The summed E-state index contributed by atoms with van der Waals surface area (Å²) in [5.41, 5.74) is 3.94. The lowest BCUT2D eigenvalue weighted by atomic mass is 9.78. The average molecular weight is 435 g/mol. The van der Waals surface area contributed by atoms with Crippen LogP contribution in [0.15, 0.2) is 42.0 Å².